The quantitative estimate of drug-likeness (QED) is 0.697. The van der Waals surface area contributed by atoms with Gasteiger partial charge in [0, 0.05) is 6.61 Å². The first-order valence-corrected chi connectivity index (χ1v) is 6.81. The second kappa shape index (κ2) is 6.71. The zero-order valence-corrected chi connectivity index (χ0v) is 13.8. The van der Waals surface area contributed by atoms with E-state index in [1.807, 2.05) is 55.4 Å². The van der Waals surface area contributed by atoms with Crippen LogP contribution in [0.1, 0.15) is 61.8 Å². The van der Waals surface area contributed by atoms with E-state index in [1.54, 1.807) is 0 Å². The van der Waals surface area contributed by atoms with Gasteiger partial charge in [-0.15, -0.1) is 0 Å². The minimum Gasteiger partial charge on any atom is -0.458 e. The molecule has 0 saturated carbocycles. The molecule has 114 valence electrons. The second-order valence-electron chi connectivity index (χ2n) is 7.35. The summed E-state index contributed by atoms with van der Waals surface area (Å²) in [7, 11) is 0. The Morgan fingerprint density at radius 1 is 0.842 bits per heavy atom. The van der Waals surface area contributed by atoms with Gasteiger partial charge in [-0.1, -0.05) is 0 Å². The Bertz CT molecular complexity index is 282. The molecule has 0 bridgehead atoms. The van der Waals surface area contributed by atoms with E-state index in [0.29, 0.717) is 6.61 Å². The summed E-state index contributed by atoms with van der Waals surface area (Å²) in [5.41, 5.74) is -1.02. The Hall–Kier alpha value is -0.610. The summed E-state index contributed by atoms with van der Waals surface area (Å²) < 4.78 is 16.5. The zero-order valence-electron chi connectivity index (χ0n) is 13.8. The monoisotopic (exact) mass is 274 g/mol. The largest absolute Gasteiger partial charge is 0.458 e. The Labute approximate surface area is 117 Å². The van der Waals surface area contributed by atoms with Crippen LogP contribution in [0.3, 0.4) is 0 Å². The standard InChI is InChI=1S/C15H30O4/c1-13(2,3)17-10-9-15(7,8)18-11-12(16)19-14(4,5)6/h9-11H2,1-8H3. The van der Waals surface area contributed by atoms with Crippen molar-refractivity contribution >= 4 is 5.97 Å². The maximum Gasteiger partial charge on any atom is 0.332 e. The summed E-state index contributed by atoms with van der Waals surface area (Å²) >= 11 is 0. The molecule has 0 aliphatic rings. The third kappa shape index (κ3) is 12.2. The fourth-order valence-corrected chi connectivity index (χ4v) is 1.30. The summed E-state index contributed by atoms with van der Waals surface area (Å²) in [6.45, 7) is 16.0. The van der Waals surface area contributed by atoms with Crippen LogP contribution in [0.2, 0.25) is 0 Å². The molecule has 0 aliphatic heterocycles. The van der Waals surface area contributed by atoms with Gasteiger partial charge in [0.05, 0.1) is 11.2 Å². The number of hydrogen-bond donors (Lipinski definition) is 0. The molecule has 4 nitrogen and oxygen atoms in total. The smallest absolute Gasteiger partial charge is 0.332 e. The van der Waals surface area contributed by atoms with E-state index < -0.39 is 11.2 Å². The molecule has 0 spiro atoms. The van der Waals surface area contributed by atoms with Crippen LogP contribution in [0.15, 0.2) is 0 Å². The van der Waals surface area contributed by atoms with Crippen molar-refractivity contribution in [3.05, 3.63) is 0 Å². The van der Waals surface area contributed by atoms with Gasteiger partial charge in [-0.25, -0.2) is 4.79 Å². The summed E-state index contributed by atoms with van der Waals surface area (Å²) in [5.74, 6) is -0.336. The number of carbonyl (C=O) groups excluding carboxylic acids is 1. The average molecular weight is 274 g/mol. The third-order valence-electron chi connectivity index (χ3n) is 2.24. The van der Waals surface area contributed by atoms with E-state index in [1.165, 1.54) is 0 Å². The van der Waals surface area contributed by atoms with Gasteiger partial charge in [0.1, 0.15) is 12.2 Å². The highest BCUT2D eigenvalue weighted by atomic mass is 16.6. The molecule has 0 amide bonds. The van der Waals surface area contributed by atoms with Gasteiger partial charge in [0.25, 0.3) is 0 Å². The van der Waals surface area contributed by atoms with Crippen LogP contribution in [0, 0.1) is 0 Å². The lowest BCUT2D eigenvalue weighted by atomic mass is 10.1. The number of hydrogen-bond acceptors (Lipinski definition) is 4. The zero-order chi connectivity index (χ0) is 15.3. The van der Waals surface area contributed by atoms with Gasteiger partial charge >= 0.3 is 5.97 Å². The second-order valence-corrected chi connectivity index (χ2v) is 7.35. The maximum absolute atomic E-state index is 11.6. The molecule has 0 saturated heterocycles. The van der Waals surface area contributed by atoms with Crippen molar-refractivity contribution in [2.24, 2.45) is 0 Å². The molecule has 0 aromatic carbocycles. The van der Waals surface area contributed by atoms with E-state index in [4.69, 9.17) is 14.2 Å². The number of carbonyl (C=O) groups is 1. The Morgan fingerprint density at radius 2 is 1.37 bits per heavy atom. The molecule has 4 heteroatoms. The third-order valence-corrected chi connectivity index (χ3v) is 2.24. The Morgan fingerprint density at radius 3 is 1.79 bits per heavy atom. The maximum atomic E-state index is 11.6. The molecular formula is C15H30O4. The summed E-state index contributed by atoms with van der Waals surface area (Å²) in [5, 5.41) is 0. The van der Waals surface area contributed by atoms with Crippen molar-refractivity contribution in [3.63, 3.8) is 0 Å². The number of rotatable bonds is 6. The van der Waals surface area contributed by atoms with Crippen LogP contribution in [-0.4, -0.2) is 36.0 Å². The lowest BCUT2D eigenvalue weighted by molar-refractivity contribution is -0.167. The van der Waals surface area contributed by atoms with Crippen LogP contribution >= 0.6 is 0 Å². The molecule has 0 aromatic heterocycles. The van der Waals surface area contributed by atoms with E-state index in [2.05, 4.69) is 0 Å². The van der Waals surface area contributed by atoms with E-state index >= 15 is 0 Å². The molecule has 0 N–H and O–H groups in total. The SMILES string of the molecule is CC(C)(C)OCCC(C)(C)OCC(=O)OC(C)(C)C. The van der Waals surface area contributed by atoms with Gasteiger partial charge in [-0.3, -0.25) is 0 Å². The topological polar surface area (TPSA) is 44.8 Å². The predicted molar refractivity (Wildman–Crippen MR) is 76.2 cm³/mol. The van der Waals surface area contributed by atoms with Crippen LogP contribution in [0.25, 0.3) is 0 Å². The highest BCUT2D eigenvalue weighted by Gasteiger charge is 2.23. The van der Waals surface area contributed by atoms with Crippen molar-refractivity contribution < 1.29 is 19.0 Å². The number of ether oxygens (including phenoxy) is 3. The van der Waals surface area contributed by atoms with Crippen molar-refractivity contribution in [2.45, 2.75) is 78.6 Å². The van der Waals surface area contributed by atoms with Crippen molar-refractivity contribution in [3.8, 4) is 0 Å². The molecule has 0 rings (SSSR count). The molecule has 19 heavy (non-hydrogen) atoms. The van der Waals surface area contributed by atoms with Crippen LogP contribution in [-0.2, 0) is 19.0 Å². The minimum atomic E-state index is -0.472. The molecular weight excluding hydrogens is 244 g/mol. The summed E-state index contributed by atoms with van der Waals surface area (Å²) in [6, 6.07) is 0. The van der Waals surface area contributed by atoms with E-state index in [-0.39, 0.29) is 18.2 Å². The first kappa shape index (κ1) is 18.4. The minimum absolute atomic E-state index is 0.0280. The van der Waals surface area contributed by atoms with E-state index in [9.17, 15) is 4.79 Å². The molecule has 0 fully saturated rings. The highest BCUT2D eigenvalue weighted by Crippen LogP contribution is 2.17. The summed E-state index contributed by atoms with van der Waals surface area (Å²) in [4.78, 5) is 11.6. The van der Waals surface area contributed by atoms with Crippen LogP contribution in [0.5, 0.6) is 0 Å². The Kier molecular flexibility index (Phi) is 6.49. The van der Waals surface area contributed by atoms with Crippen molar-refractivity contribution in [1.82, 2.24) is 0 Å². The van der Waals surface area contributed by atoms with E-state index in [0.717, 1.165) is 6.42 Å². The molecule has 0 unspecified atom stereocenters. The Balaban J connectivity index is 4.00. The number of esters is 1. The van der Waals surface area contributed by atoms with Crippen LogP contribution in [0.4, 0.5) is 0 Å². The molecule has 0 radical (unpaired) electrons. The van der Waals surface area contributed by atoms with Gasteiger partial charge in [-0.2, -0.15) is 0 Å². The van der Waals surface area contributed by atoms with Gasteiger partial charge in [-0.05, 0) is 61.8 Å². The van der Waals surface area contributed by atoms with Crippen molar-refractivity contribution in [1.29, 1.82) is 0 Å². The first-order valence-electron chi connectivity index (χ1n) is 6.81. The lowest BCUT2D eigenvalue weighted by Crippen LogP contribution is -2.33. The van der Waals surface area contributed by atoms with Gasteiger partial charge < -0.3 is 14.2 Å². The molecule has 0 atom stereocenters. The van der Waals surface area contributed by atoms with Gasteiger partial charge in [0.2, 0.25) is 0 Å². The molecule has 0 aromatic rings. The summed E-state index contributed by atoms with van der Waals surface area (Å²) in [6.07, 6.45) is 0.729. The average Bonchev–Trinajstić information content (AvgIpc) is 2.09. The first-order chi connectivity index (χ1) is 8.31. The molecule has 0 aliphatic carbocycles. The lowest BCUT2D eigenvalue weighted by Gasteiger charge is -2.28. The fraction of sp³-hybridized carbons (Fsp3) is 0.933. The fourth-order valence-electron chi connectivity index (χ4n) is 1.30. The van der Waals surface area contributed by atoms with Crippen LogP contribution < -0.4 is 0 Å². The van der Waals surface area contributed by atoms with Gasteiger partial charge in [0.15, 0.2) is 0 Å². The molecule has 0 heterocycles. The van der Waals surface area contributed by atoms with Crippen molar-refractivity contribution in [2.75, 3.05) is 13.2 Å². The normalized spacial score (nSPS) is 13.5. The highest BCUT2D eigenvalue weighted by molar-refractivity contribution is 5.71. The predicted octanol–water partition coefficient (Wildman–Crippen LogP) is 3.33.